The first-order chi connectivity index (χ1) is 6.27. The molecule has 13 heavy (non-hydrogen) atoms. The predicted octanol–water partition coefficient (Wildman–Crippen LogP) is 3.49. The third-order valence-corrected chi connectivity index (χ3v) is 2.99. The van der Waals surface area contributed by atoms with Crippen molar-refractivity contribution < 1.29 is 4.79 Å². The molecule has 0 amide bonds. The van der Waals surface area contributed by atoms with E-state index in [2.05, 4.69) is 13.8 Å². The Morgan fingerprint density at radius 1 is 1.23 bits per heavy atom. The fourth-order valence-corrected chi connectivity index (χ4v) is 2.11. The number of carbonyl (C=O) groups excluding carboxylic acids is 1. The Morgan fingerprint density at radius 2 is 1.85 bits per heavy atom. The zero-order valence-corrected chi connectivity index (χ0v) is 8.81. The van der Waals surface area contributed by atoms with Gasteiger partial charge in [-0.1, -0.05) is 19.4 Å². The fourth-order valence-electron chi connectivity index (χ4n) is 2.11. The number of carbonyl (C=O) groups is 1. The number of ketones is 1. The number of rotatable bonds is 3. The van der Waals surface area contributed by atoms with Crippen molar-refractivity contribution in [1.82, 2.24) is 0 Å². The van der Waals surface area contributed by atoms with E-state index in [1.54, 1.807) is 0 Å². The SMILES string of the molecule is CCC(CC)C1=CC(=O)CCCC1. The molecule has 1 heteroatoms. The molecule has 0 fully saturated rings. The first kappa shape index (κ1) is 10.5. The minimum absolute atomic E-state index is 0.347. The Labute approximate surface area is 81.2 Å². The van der Waals surface area contributed by atoms with Crippen molar-refractivity contribution in [3.05, 3.63) is 11.6 Å². The van der Waals surface area contributed by atoms with E-state index >= 15 is 0 Å². The summed E-state index contributed by atoms with van der Waals surface area (Å²) in [6.07, 6.45) is 8.48. The van der Waals surface area contributed by atoms with Crippen LogP contribution in [0.15, 0.2) is 11.6 Å². The molecule has 0 atom stereocenters. The van der Waals surface area contributed by atoms with Crippen molar-refractivity contribution >= 4 is 5.78 Å². The summed E-state index contributed by atoms with van der Waals surface area (Å²) in [7, 11) is 0. The molecule has 0 aromatic heterocycles. The molecule has 0 unspecified atom stereocenters. The van der Waals surface area contributed by atoms with E-state index in [4.69, 9.17) is 0 Å². The van der Waals surface area contributed by atoms with Crippen LogP contribution < -0.4 is 0 Å². The van der Waals surface area contributed by atoms with Crippen molar-refractivity contribution in [2.45, 2.75) is 52.4 Å². The lowest BCUT2D eigenvalue weighted by molar-refractivity contribution is -0.114. The van der Waals surface area contributed by atoms with Crippen molar-refractivity contribution in [2.24, 2.45) is 5.92 Å². The molecule has 0 saturated carbocycles. The topological polar surface area (TPSA) is 17.1 Å². The molecule has 1 aliphatic rings. The van der Waals surface area contributed by atoms with Crippen LogP contribution in [0.2, 0.25) is 0 Å². The highest BCUT2D eigenvalue weighted by atomic mass is 16.1. The minimum atomic E-state index is 0.347. The van der Waals surface area contributed by atoms with Crippen LogP contribution in [0.25, 0.3) is 0 Å². The maximum absolute atomic E-state index is 11.4. The van der Waals surface area contributed by atoms with Gasteiger partial charge in [0.25, 0.3) is 0 Å². The van der Waals surface area contributed by atoms with Gasteiger partial charge in [0.1, 0.15) is 0 Å². The fraction of sp³-hybridized carbons (Fsp3) is 0.750. The summed E-state index contributed by atoms with van der Waals surface area (Å²) in [4.78, 5) is 11.4. The summed E-state index contributed by atoms with van der Waals surface area (Å²) < 4.78 is 0. The van der Waals surface area contributed by atoms with E-state index < -0.39 is 0 Å². The maximum Gasteiger partial charge on any atom is 0.155 e. The molecule has 0 spiro atoms. The van der Waals surface area contributed by atoms with Gasteiger partial charge in [-0.05, 0) is 44.1 Å². The predicted molar refractivity (Wildman–Crippen MR) is 55.6 cm³/mol. The molecule has 0 aromatic rings. The average molecular weight is 180 g/mol. The van der Waals surface area contributed by atoms with Crippen LogP contribution in [0.5, 0.6) is 0 Å². The summed E-state index contributed by atoms with van der Waals surface area (Å²) in [6.45, 7) is 4.43. The van der Waals surface area contributed by atoms with Gasteiger partial charge < -0.3 is 0 Å². The molecule has 0 aromatic carbocycles. The van der Waals surface area contributed by atoms with Gasteiger partial charge in [-0.25, -0.2) is 0 Å². The summed E-state index contributed by atoms with van der Waals surface area (Å²) in [5.41, 5.74) is 1.41. The highest BCUT2D eigenvalue weighted by molar-refractivity contribution is 5.90. The molecule has 0 N–H and O–H groups in total. The number of hydrogen-bond acceptors (Lipinski definition) is 1. The molecular formula is C12H20O. The summed E-state index contributed by atoms with van der Waals surface area (Å²) in [5, 5.41) is 0. The smallest absolute Gasteiger partial charge is 0.155 e. The van der Waals surface area contributed by atoms with Crippen LogP contribution in [-0.4, -0.2) is 5.78 Å². The highest BCUT2D eigenvalue weighted by Gasteiger charge is 2.14. The molecule has 0 radical (unpaired) electrons. The second-order valence-corrected chi connectivity index (χ2v) is 3.91. The number of hydrogen-bond donors (Lipinski definition) is 0. The first-order valence-electron chi connectivity index (χ1n) is 5.51. The quantitative estimate of drug-likeness (QED) is 0.649. The van der Waals surface area contributed by atoms with E-state index in [0.717, 1.165) is 19.3 Å². The van der Waals surface area contributed by atoms with Crippen LogP contribution >= 0.6 is 0 Å². The van der Waals surface area contributed by atoms with Crippen LogP contribution in [-0.2, 0) is 4.79 Å². The largest absolute Gasteiger partial charge is 0.295 e. The maximum atomic E-state index is 11.4. The van der Waals surface area contributed by atoms with Crippen molar-refractivity contribution in [2.75, 3.05) is 0 Å². The van der Waals surface area contributed by atoms with Crippen LogP contribution in [0.4, 0.5) is 0 Å². The van der Waals surface area contributed by atoms with Crippen molar-refractivity contribution in [3.8, 4) is 0 Å². The van der Waals surface area contributed by atoms with E-state index in [-0.39, 0.29) is 0 Å². The van der Waals surface area contributed by atoms with Crippen molar-refractivity contribution in [1.29, 1.82) is 0 Å². The van der Waals surface area contributed by atoms with E-state index in [0.29, 0.717) is 11.7 Å². The Hall–Kier alpha value is -0.590. The lowest BCUT2D eigenvalue weighted by Crippen LogP contribution is -2.02. The van der Waals surface area contributed by atoms with Gasteiger partial charge in [0, 0.05) is 6.42 Å². The normalized spacial score (nSPS) is 18.7. The Kier molecular flexibility index (Phi) is 4.20. The summed E-state index contributed by atoms with van der Waals surface area (Å²) in [5.74, 6) is 1.00. The molecule has 0 aliphatic heterocycles. The Morgan fingerprint density at radius 3 is 2.46 bits per heavy atom. The van der Waals surface area contributed by atoms with Crippen LogP contribution in [0.1, 0.15) is 52.4 Å². The molecule has 0 bridgehead atoms. The third-order valence-electron chi connectivity index (χ3n) is 2.99. The zero-order valence-electron chi connectivity index (χ0n) is 8.81. The van der Waals surface area contributed by atoms with Crippen LogP contribution in [0, 0.1) is 5.92 Å². The Bertz CT molecular complexity index is 199. The van der Waals surface area contributed by atoms with Gasteiger partial charge >= 0.3 is 0 Å². The van der Waals surface area contributed by atoms with E-state index in [9.17, 15) is 4.79 Å². The molecule has 1 rings (SSSR count). The molecule has 1 nitrogen and oxygen atoms in total. The summed E-state index contributed by atoms with van der Waals surface area (Å²) in [6, 6.07) is 0. The Balaban J connectivity index is 2.68. The average Bonchev–Trinajstić information content (AvgIpc) is 2.32. The zero-order chi connectivity index (χ0) is 9.68. The lowest BCUT2D eigenvalue weighted by Gasteiger charge is -2.15. The third kappa shape index (κ3) is 2.98. The van der Waals surface area contributed by atoms with Gasteiger partial charge in [-0.3, -0.25) is 4.79 Å². The monoisotopic (exact) mass is 180 g/mol. The molecule has 0 heterocycles. The molecule has 0 saturated heterocycles. The van der Waals surface area contributed by atoms with Gasteiger partial charge in [-0.15, -0.1) is 0 Å². The van der Waals surface area contributed by atoms with Gasteiger partial charge in [0.05, 0.1) is 0 Å². The van der Waals surface area contributed by atoms with Gasteiger partial charge in [0.15, 0.2) is 5.78 Å². The molecule has 74 valence electrons. The van der Waals surface area contributed by atoms with Crippen molar-refractivity contribution in [3.63, 3.8) is 0 Å². The number of allylic oxidation sites excluding steroid dienone is 2. The second kappa shape index (κ2) is 5.21. The van der Waals surface area contributed by atoms with E-state index in [1.165, 1.54) is 24.8 Å². The van der Waals surface area contributed by atoms with E-state index in [1.807, 2.05) is 6.08 Å². The first-order valence-corrected chi connectivity index (χ1v) is 5.51. The molecular weight excluding hydrogens is 160 g/mol. The molecule has 1 aliphatic carbocycles. The standard InChI is InChI=1S/C12H20O/c1-3-10(4-2)11-7-5-6-8-12(13)9-11/h9-10H,3-8H2,1-2H3. The lowest BCUT2D eigenvalue weighted by atomic mass is 9.90. The summed E-state index contributed by atoms with van der Waals surface area (Å²) >= 11 is 0. The van der Waals surface area contributed by atoms with Gasteiger partial charge in [-0.2, -0.15) is 0 Å². The van der Waals surface area contributed by atoms with Crippen LogP contribution in [0.3, 0.4) is 0 Å². The highest BCUT2D eigenvalue weighted by Crippen LogP contribution is 2.26. The minimum Gasteiger partial charge on any atom is -0.295 e. The van der Waals surface area contributed by atoms with Gasteiger partial charge in [0.2, 0.25) is 0 Å². The second-order valence-electron chi connectivity index (χ2n) is 3.91.